The molecule has 4 rings (SSSR count). The summed E-state index contributed by atoms with van der Waals surface area (Å²) in [6, 6.07) is 14.3. The average Bonchev–Trinajstić information content (AvgIpc) is 3.23. The van der Waals surface area contributed by atoms with Crippen LogP contribution in [-0.2, 0) is 0 Å². The summed E-state index contributed by atoms with van der Waals surface area (Å²) in [6.07, 6.45) is 0. The van der Waals surface area contributed by atoms with Crippen molar-refractivity contribution in [1.29, 1.82) is 0 Å². The number of carbonyl (C=O) groups excluding carboxylic acids is 1. The molecular weight excluding hydrogens is 474 g/mol. The molecule has 1 amide bonds. The lowest BCUT2D eigenvalue weighted by molar-refractivity contribution is 0.0971. The monoisotopic (exact) mass is 495 g/mol. The molecule has 0 saturated carbocycles. The van der Waals surface area contributed by atoms with Gasteiger partial charge in [0.1, 0.15) is 22.6 Å². The minimum atomic E-state index is -0.467. The lowest BCUT2D eigenvalue weighted by atomic mass is 10.1. The first-order chi connectivity index (χ1) is 16.3. The number of benzene rings is 3. The molecule has 1 aromatic heterocycles. The van der Waals surface area contributed by atoms with Crippen LogP contribution in [0, 0.1) is 13.8 Å². The first-order valence-corrected chi connectivity index (χ1v) is 11.1. The Balaban J connectivity index is 1.57. The Morgan fingerprint density at radius 2 is 1.76 bits per heavy atom. The van der Waals surface area contributed by atoms with E-state index < -0.39 is 5.91 Å². The summed E-state index contributed by atoms with van der Waals surface area (Å²) in [4.78, 5) is 17.5. The number of aromatic nitrogens is 1. The number of fused-ring (bicyclic) bond motifs is 1. The van der Waals surface area contributed by atoms with Gasteiger partial charge in [-0.05, 0) is 73.6 Å². The fraction of sp³-hybridized carbons (Fsp3) is 0.160. The number of anilines is 1. The standard InChI is InChI=1S/C25H22ClN3O4S/c1-13-10-14(2)22-18(11-13)28-24(33-22)16-12-15(8-9-17(16)26)27-25(34)29-23(30)21-19(31-3)6-5-7-20(21)32-4/h5-12H,1-4H3,(H2,27,29,30,34). The maximum Gasteiger partial charge on any atom is 0.264 e. The summed E-state index contributed by atoms with van der Waals surface area (Å²) in [5.41, 5.74) is 5.01. The van der Waals surface area contributed by atoms with Gasteiger partial charge in [-0.25, -0.2) is 4.98 Å². The van der Waals surface area contributed by atoms with Crippen LogP contribution in [-0.4, -0.2) is 30.2 Å². The molecule has 7 nitrogen and oxygen atoms in total. The van der Waals surface area contributed by atoms with Gasteiger partial charge in [0.25, 0.3) is 5.91 Å². The van der Waals surface area contributed by atoms with E-state index in [1.165, 1.54) is 14.2 Å². The second kappa shape index (κ2) is 9.70. The number of hydrogen-bond donors (Lipinski definition) is 2. The number of methoxy groups -OCH3 is 2. The van der Waals surface area contributed by atoms with Crippen LogP contribution in [0.5, 0.6) is 11.5 Å². The third kappa shape index (κ3) is 4.69. The number of rotatable bonds is 5. The number of aryl methyl sites for hydroxylation is 2. The van der Waals surface area contributed by atoms with Crippen molar-refractivity contribution in [3.8, 4) is 23.0 Å². The third-order valence-electron chi connectivity index (χ3n) is 5.16. The van der Waals surface area contributed by atoms with E-state index in [1.807, 2.05) is 26.0 Å². The molecule has 4 aromatic rings. The van der Waals surface area contributed by atoms with E-state index in [1.54, 1.807) is 36.4 Å². The van der Waals surface area contributed by atoms with Crippen LogP contribution >= 0.6 is 23.8 Å². The Labute approximate surface area is 207 Å². The van der Waals surface area contributed by atoms with Crippen molar-refractivity contribution in [2.45, 2.75) is 13.8 Å². The first kappa shape index (κ1) is 23.5. The van der Waals surface area contributed by atoms with Crippen LogP contribution in [0.3, 0.4) is 0 Å². The number of oxazole rings is 1. The zero-order valence-corrected chi connectivity index (χ0v) is 20.6. The minimum Gasteiger partial charge on any atom is -0.496 e. The zero-order chi connectivity index (χ0) is 24.4. The highest BCUT2D eigenvalue weighted by atomic mass is 35.5. The molecule has 0 aliphatic heterocycles. The van der Waals surface area contributed by atoms with Gasteiger partial charge < -0.3 is 19.2 Å². The molecule has 0 bridgehead atoms. The Kier molecular flexibility index (Phi) is 6.72. The third-order valence-corrected chi connectivity index (χ3v) is 5.69. The molecule has 3 aromatic carbocycles. The fourth-order valence-electron chi connectivity index (χ4n) is 3.66. The van der Waals surface area contributed by atoms with Gasteiger partial charge >= 0.3 is 0 Å². The molecule has 0 aliphatic rings. The minimum absolute atomic E-state index is 0.0928. The predicted molar refractivity (Wildman–Crippen MR) is 137 cm³/mol. The van der Waals surface area contributed by atoms with Crippen LogP contribution in [0.15, 0.2) is 52.9 Å². The highest BCUT2D eigenvalue weighted by Crippen LogP contribution is 2.34. The summed E-state index contributed by atoms with van der Waals surface area (Å²) in [5, 5.41) is 6.22. The number of thiocarbonyl (C=S) groups is 1. The smallest absolute Gasteiger partial charge is 0.264 e. The molecule has 0 saturated heterocycles. The van der Waals surface area contributed by atoms with E-state index in [-0.39, 0.29) is 10.7 Å². The maximum atomic E-state index is 12.9. The predicted octanol–water partition coefficient (Wildman–Crippen LogP) is 5.91. The summed E-state index contributed by atoms with van der Waals surface area (Å²) in [7, 11) is 2.96. The van der Waals surface area contributed by atoms with Crippen molar-refractivity contribution in [1.82, 2.24) is 10.3 Å². The largest absolute Gasteiger partial charge is 0.496 e. The van der Waals surface area contributed by atoms with Crippen molar-refractivity contribution in [2.24, 2.45) is 0 Å². The van der Waals surface area contributed by atoms with Crippen molar-refractivity contribution >= 4 is 51.6 Å². The first-order valence-electron chi connectivity index (χ1n) is 10.3. The van der Waals surface area contributed by atoms with Crippen molar-refractivity contribution in [3.05, 3.63) is 70.2 Å². The molecule has 0 unspecified atom stereocenters. The molecular formula is C25H22ClN3O4S. The van der Waals surface area contributed by atoms with E-state index in [0.29, 0.717) is 39.2 Å². The summed E-state index contributed by atoms with van der Waals surface area (Å²) in [5.74, 6) is 0.668. The molecule has 0 radical (unpaired) electrons. The van der Waals surface area contributed by atoms with E-state index >= 15 is 0 Å². The highest BCUT2D eigenvalue weighted by molar-refractivity contribution is 7.80. The van der Waals surface area contributed by atoms with Gasteiger partial charge in [-0.1, -0.05) is 23.7 Å². The SMILES string of the molecule is COc1cccc(OC)c1C(=O)NC(=S)Nc1ccc(Cl)c(-c2nc3cc(C)cc(C)c3o2)c1. The van der Waals surface area contributed by atoms with Crippen LogP contribution in [0.4, 0.5) is 5.69 Å². The van der Waals surface area contributed by atoms with Crippen LogP contribution in [0.25, 0.3) is 22.6 Å². The van der Waals surface area contributed by atoms with Gasteiger partial charge in [0, 0.05) is 5.69 Å². The Morgan fingerprint density at radius 1 is 1.06 bits per heavy atom. The maximum absolute atomic E-state index is 12.9. The van der Waals surface area contributed by atoms with E-state index in [0.717, 1.165) is 16.6 Å². The number of nitrogens with one attached hydrogen (secondary N) is 2. The van der Waals surface area contributed by atoms with Crippen molar-refractivity contribution in [3.63, 3.8) is 0 Å². The molecule has 2 N–H and O–H groups in total. The quantitative estimate of drug-likeness (QED) is 0.333. The average molecular weight is 496 g/mol. The van der Waals surface area contributed by atoms with Gasteiger partial charge in [-0.15, -0.1) is 0 Å². The lowest BCUT2D eigenvalue weighted by Crippen LogP contribution is -2.34. The van der Waals surface area contributed by atoms with Crippen molar-refractivity contribution < 1.29 is 18.7 Å². The zero-order valence-electron chi connectivity index (χ0n) is 19.0. The van der Waals surface area contributed by atoms with E-state index in [2.05, 4.69) is 15.6 Å². The van der Waals surface area contributed by atoms with Crippen LogP contribution in [0.1, 0.15) is 21.5 Å². The van der Waals surface area contributed by atoms with Crippen LogP contribution in [0.2, 0.25) is 5.02 Å². The van der Waals surface area contributed by atoms with Gasteiger partial charge in [0.05, 0.1) is 24.8 Å². The van der Waals surface area contributed by atoms with Gasteiger partial charge in [0.15, 0.2) is 10.7 Å². The summed E-state index contributed by atoms with van der Waals surface area (Å²) in [6.45, 7) is 3.98. The van der Waals surface area contributed by atoms with E-state index in [9.17, 15) is 4.79 Å². The molecule has 34 heavy (non-hydrogen) atoms. The molecule has 0 atom stereocenters. The molecule has 1 heterocycles. The van der Waals surface area contributed by atoms with Gasteiger partial charge in [0.2, 0.25) is 5.89 Å². The Hall–Kier alpha value is -3.62. The molecule has 0 aliphatic carbocycles. The normalized spacial score (nSPS) is 10.7. The summed E-state index contributed by atoms with van der Waals surface area (Å²) < 4.78 is 16.6. The molecule has 0 spiro atoms. The Morgan fingerprint density at radius 3 is 2.44 bits per heavy atom. The number of carbonyl (C=O) groups is 1. The second-order valence-electron chi connectivity index (χ2n) is 7.59. The number of hydrogen-bond acceptors (Lipinski definition) is 6. The second-order valence-corrected chi connectivity index (χ2v) is 8.40. The molecule has 174 valence electrons. The number of halogens is 1. The number of nitrogens with zero attached hydrogens (tertiary/aromatic N) is 1. The van der Waals surface area contributed by atoms with E-state index in [4.69, 9.17) is 37.7 Å². The topological polar surface area (TPSA) is 85.6 Å². The molecule has 0 fully saturated rings. The summed E-state index contributed by atoms with van der Waals surface area (Å²) >= 11 is 11.8. The number of amides is 1. The lowest BCUT2D eigenvalue weighted by Gasteiger charge is -2.14. The fourth-order valence-corrected chi connectivity index (χ4v) is 4.07. The van der Waals surface area contributed by atoms with Crippen molar-refractivity contribution in [2.75, 3.05) is 19.5 Å². The highest BCUT2D eigenvalue weighted by Gasteiger charge is 2.20. The van der Waals surface area contributed by atoms with Crippen LogP contribution < -0.4 is 20.1 Å². The number of ether oxygens (including phenoxy) is 2. The van der Waals surface area contributed by atoms with Gasteiger partial charge in [-0.3, -0.25) is 10.1 Å². The van der Waals surface area contributed by atoms with Gasteiger partial charge in [-0.2, -0.15) is 0 Å². The molecule has 9 heteroatoms. The Bertz CT molecular complexity index is 1390.